The number of ketones is 1. The summed E-state index contributed by atoms with van der Waals surface area (Å²) in [7, 11) is 0. The van der Waals surface area contributed by atoms with Crippen molar-refractivity contribution in [1.29, 1.82) is 0 Å². The largest absolute Gasteiger partial charge is 0.440 e. The first kappa shape index (κ1) is 12.8. The van der Waals surface area contributed by atoms with Crippen molar-refractivity contribution < 1.29 is 13.6 Å². The van der Waals surface area contributed by atoms with Gasteiger partial charge in [0.15, 0.2) is 5.78 Å². The van der Waals surface area contributed by atoms with Gasteiger partial charge in [0.1, 0.15) is 12.1 Å². The molecule has 2 rings (SSSR count). The normalized spacial score (nSPS) is 10.6. The number of Topliss-reactive ketones (excluding diaryl/α,β-unsaturated/α-hetero) is 1. The van der Waals surface area contributed by atoms with E-state index in [2.05, 4.69) is 4.98 Å². The van der Waals surface area contributed by atoms with Gasteiger partial charge in [0, 0.05) is 17.7 Å². The molecule has 0 saturated carbocycles. The number of nitrogens with zero attached hydrogens (tertiary/aromatic N) is 1. The summed E-state index contributed by atoms with van der Waals surface area (Å²) >= 11 is 1.39. The first-order valence-electron chi connectivity index (χ1n) is 5.49. The zero-order valence-electron chi connectivity index (χ0n) is 9.85. The lowest BCUT2D eigenvalue weighted by Crippen LogP contribution is -2.00. The molecular formula is C13H12FNO2S. The SMILES string of the molecule is Cc1coc(SCCC(=O)c2ccc(F)cc2)n1. The fourth-order valence-electron chi connectivity index (χ4n) is 1.41. The maximum Gasteiger partial charge on any atom is 0.255 e. The molecule has 0 aliphatic rings. The van der Waals surface area contributed by atoms with Crippen molar-refractivity contribution in [3.63, 3.8) is 0 Å². The Morgan fingerprint density at radius 1 is 1.39 bits per heavy atom. The smallest absolute Gasteiger partial charge is 0.255 e. The van der Waals surface area contributed by atoms with E-state index >= 15 is 0 Å². The van der Waals surface area contributed by atoms with Crippen LogP contribution in [0.4, 0.5) is 4.39 Å². The van der Waals surface area contributed by atoms with Crippen LogP contribution in [0.25, 0.3) is 0 Å². The van der Waals surface area contributed by atoms with Crippen LogP contribution in [-0.4, -0.2) is 16.5 Å². The average Bonchev–Trinajstić information content (AvgIpc) is 2.76. The number of carbonyl (C=O) groups excluding carboxylic acids is 1. The van der Waals surface area contributed by atoms with Gasteiger partial charge in [0.05, 0.1) is 5.69 Å². The number of hydrogen-bond donors (Lipinski definition) is 0. The highest BCUT2D eigenvalue weighted by molar-refractivity contribution is 7.99. The first-order valence-corrected chi connectivity index (χ1v) is 6.47. The van der Waals surface area contributed by atoms with E-state index in [0.29, 0.717) is 23.0 Å². The summed E-state index contributed by atoms with van der Waals surface area (Å²) in [5.74, 6) is 0.248. The molecule has 94 valence electrons. The number of aryl methyl sites for hydroxylation is 1. The quantitative estimate of drug-likeness (QED) is 0.613. The lowest BCUT2D eigenvalue weighted by molar-refractivity contribution is 0.0989. The third kappa shape index (κ3) is 3.43. The summed E-state index contributed by atoms with van der Waals surface area (Å²) in [4.78, 5) is 15.9. The summed E-state index contributed by atoms with van der Waals surface area (Å²) in [5.41, 5.74) is 1.35. The Labute approximate surface area is 108 Å². The van der Waals surface area contributed by atoms with Crippen LogP contribution in [0.15, 0.2) is 40.2 Å². The fourth-order valence-corrected chi connectivity index (χ4v) is 2.20. The molecule has 0 fully saturated rings. The fraction of sp³-hybridized carbons (Fsp3) is 0.231. The van der Waals surface area contributed by atoms with Crippen LogP contribution >= 0.6 is 11.8 Å². The Bertz CT molecular complexity index is 536. The van der Waals surface area contributed by atoms with E-state index in [1.54, 1.807) is 6.26 Å². The number of oxazole rings is 1. The highest BCUT2D eigenvalue weighted by Crippen LogP contribution is 2.18. The molecule has 1 heterocycles. The second-order valence-electron chi connectivity index (χ2n) is 3.78. The van der Waals surface area contributed by atoms with Gasteiger partial charge < -0.3 is 4.42 Å². The summed E-state index contributed by atoms with van der Waals surface area (Å²) in [6.45, 7) is 1.84. The molecule has 3 nitrogen and oxygen atoms in total. The molecule has 18 heavy (non-hydrogen) atoms. The Hall–Kier alpha value is -1.62. The summed E-state index contributed by atoms with van der Waals surface area (Å²) < 4.78 is 17.8. The predicted octanol–water partition coefficient (Wildman–Crippen LogP) is 3.49. The molecule has 0 amide bonds. The average molecular weight is 265 g/mol. The maximum atomic E-state index is 12.7. The number of carbonyl (C=O) groups is 1. The van der Waals surface area contributed by atoms with Crippen molar-refractivity contribution in [2.75, 3.05) is 5.75 Å². The number of benzene rings is 1. The maximum absolute atomic E-state index is 12.7. The minimum atomic E-state index is -0.337. The molecule has 0 atom stereocenters. The van der Waals surface area contributed by atoms with E-state index in [4.69, 9.17) is 4.42 Å². The molecule has 5 heteroatoms. The molecule has 0 aliphatic heterocycles. The van der Waals surface area contributed by atoms with Crippen LogP contribution < -0.4 is 0 Å². The molecule has 0 spiro atoms. The molecule has 1 aromatic heterocycles. The number of hydrogen-bond acceptors (Lipinski definition) is 4. The Balaban J connectivity index is 1.83. The zero-order valence-corrected chi connectivity index (χ0v) is 10.7. The van der Waals surface area contributed by atoms with Crippen LogP contribution in [0.5, 0.6) is 0 Å². The summed E-state index contributed by atoms with van der Waals surface area (Å²) in [6.07, 6.45) is 1.95. The van der Waals surface area contributed by atoms with Crippen LogP contribution in [0, 0.1) is 12.7 Å². The van der Waals surface area contributed by atoms with Crippen molar-refractivity contribution in [2.24, 2.45) is 0 Å². The molecule has 0 aliphatic carbocycles. The Morgan fingerprint density at radius 2 is 2.11 bits per heavy atom. The van der Waals surface area contributed by atoms with Gasteiger partial charge in [0.2, 0.25) is 0 Å². The van der Waals surface area contributed by atoms with Crippen molar-refractivity contribution in [2.45, 2.75) is 18.6 Å². The minimum absolute atomic E-state index is 0.00854. The molecule has 2 aromatic rings. The standard InChI is InChI=1S/C13H12FNO2S/c1-9-8-17-13(15-9)18-7-6-12(16)10-2-4-11(14)5-3-10/h2-5,8H,6-7H2,1H3. The third-order valence-electron chi connectivity index (χ3n) is 2.32. The van der Waals surface area contributed by atoms with Crippen molar-refractivity contribution in [3.8, 4) is 0 Å². The molecule has 0 bridgehead atoms. The van der Waals surface area contributed by atoms with Crippen molar-refractivity contribution in [1.82, 2.24) is 4.98 Å². The lowest BCUT2D eigenvalue weighted by Gasteiger charge is -1.99. The molecule has 0 N–H and O–H groups in total. The van der Waals surface area contributed by atoms with Crippen LogP contribution in [0.2, 0.25) is 0 Å². The van der Waals surface area contributed by atoms with Gasteiger partial charge in [-0.15, -0.1) is 0 Å². The number of rotatable bonds is 5. The second kappa shape index (κ2) is 5.82. The third-order valence-corrected chi connectivity index (χ3v) is 3.16. The van der Waals surface area contributed by atoms with Gasteiger partial charge in [0.25, 0.3) is 5.22 Å². The van der Waals surface area contributed by atoms with Gasteiger partial charge in [-0.05, 0) is 31.2 Å². The Morgan fingerprint density at radius 3 is 2.72 bits per heavy atom. The second-order valence-corrected chi connectivity index (χ2v) is 4.83. The molecule has 0 radical (unpaired) electrons. The van der Waals surface area contributed by atoms with Gasteiger partial charge in [-0.3, -0.25) is 4.79 Å². The van der Waals surface area contributed by atoms with Gasteiger partial charge in [-0.2, -0.15) is 0 Å². The summed E-state index contributed by atoms with van der Waals surface area (Å²) in [6, 6.07) is 5.57. The van der Waals surface area contributed by atoms with Crippen LogP contribution in [-0.2, 0) is 0 Å². The van der Waals surface area contributed by atoms with Crippen molar-refractivity contribution in [3.05, 3.63) is 47.6 Å². The predicted molar refractivity (Wildman–Crippen MR) is 67.3 cm³/mol. The van der Waals surface area contributed by atoms with Crippen LogP contribution in [0.1, 0.15) is 22.5 Å². The number of aromatic nitrogens is 1. The van der Waals surface area contributed by atoms with E-state index in [1.165, 1.54) is 36.0 Å². The monoisotopic (exact) mass is 265 g/mol. The summed E-state index contributed by atoms with van der Waals surface area (Å²) in [5, 5.41) is 0.569. The lowest BCUT2D eigenvalue weighted by atomic mass is 10.1. The van der Waals surface area contributed by atoms with Crippen LogP contribution in [0.3, 0.4) is 0 Å². The zero-order chi connectivity index (χ0) is 13.0. The van der Waals surface area contributed by atoms with E-state index in [1.807, 2.05) is 6.92 Å². The van der Waals surface area contributed by atoms with E-state index in [0.717, 1.165) is 5.69 Å². The number of halogens is 1. The van der Waals surface area contributed by atoms with Gasteiger partial charge in [-0.25, -0.2) is 9.37 Å². The minimum Gasteiger partial charge on any atom is -0.440 e. The van der Waals surface area contributed by atoms with Gasteiger partial charge >= 0.3 is 0 Å². The van der Waals surface area contributed by atoms with E-state index in [9.17, 15) is 9.18 Å². The highest BCUT2D eigenvalue weighted by atomic mass is 32.2. The van der Waals surface area contributed by atoms with E-state index in [-0.39, 0.29) is 11.6 Å². The topological polar surface area (TPSA) is 43.1 Å². The van der Waals surface area contributed by atoms with E-state index < -0.39 is 0 Å². The molecular weight excluding hydrogens is 253 g/mol. The van der Waals surface area contributed by atoms with Gasteiger partial charge in [-0.1, -0.05) is 11.8 Å². The molecule has 1 aromatic carbocycles. The molecule has 0 saturated heterocycles. The van der Waals surface area contributed by atoms with Crippen molar-refractivity contribution >= 4 is 17.5 Å². The molecule has 0 unspecified atom stereocenters. The first-order chi connectivity index (χ1) is 8.65. The Kier molecular flexibility index (Phi) is 4.15. The number of thioether (sulfide) groups is 1. The highest BCUT2D eigenvalue weighted by Gasteiger charge is 2.07.